The molecule has 1 N–H and O–H groups in total. The highest BCUT2D eigenvalue weighted by molar-refractivity contribution is 9.10. The van der Waals surface area contributed by atoms with E-state index in [-0.39, 0.29) is 5.92 Å². The van der Waals surface area contributed by atoms with Gasteiger partial charge in [0.05, 0.1) is 4.47 Å². The van der Waals surface area contributed by atoms with Crippen LogP contribution in [0.15, 0.2) is 16.9 Å². The summed E-state index contributed by atoms with van der Waals surface area (Å²) in [6, 6.07) is 0. The van der Waals surface area contributed by atoms with Gasteiger partial charge in [-0.05, 0) is 34.7 Å². The molecule has 0 amide bonds. The van der Waals surface area contributed by atoms with Crippen molar-refractivity contribution in [3.05, 3.63) is 22.7 Å². The van der Waals surface area contributed by atoms with Crippen LogP contribution >= 0.6 is 15.9 Å². The molecular formula is C10H13BrN2O2. The largest absolute Gasteiger partial charge is 0.385 e. The number of aliphatic hydroxyl groups excluding tert-OH is 1. The molecule has 1 saturated heterocycles. The zero-order valence-electron chi connectivity index (χ0n) is 8.27. The molecule has 15 heavy (non-hydrogen) atoms. The van der Waals surface area contributed by atoms with Crippen molar-refractivity contribution < 1.29 is 9.84 Å². The summed E-state index contributed by atoms with van der Waals surface area (Å²) in [7, 11) is 0. The molecule has 2 heterocycles. The third-order valence-corrected chi connectivity index (χ3v) is 3.03. The van der Waals surface area contributed by atoms with E-state index in [4.69, 9.17) is 4.74 Å². The van der Waals surface area contributed by atoms with Crippen molar-refractivity contribution in [1.82, 2.24) is 9.97 Å². The van der Waals surface area contributed by atoms with E-state index >= 15 is 0 Å². The summed E-state index contributed by atoms with van der Waals surface area (Å²) < 4.78 is 6.07. The standard InChI is InChI=1S/C10H13BrN2O2/c11-8-5-12-10(13-6-8)9(14)7-1-3-15-4-2-7/h5-7,9,14H,1-4H2. The first kappa shape index (κ1) is 11.0. The molecular weight excluding hydrogens is 260 g/mol. The predicted octanol–water partition coefficient (Wildman–Crippen LogP) is 1.70. The number of aliphatic hydroxyl groups is 1. The second-order valence-corrected chi connectivity index (χ2v) is 4.57. The van der Waals surface area contributed by atoms with Gasteiger partial charge in [0.15, 0.2) is 5.82 Å². The lowest BCUT2D eigenvalue weighted by atomic mass is 9.93. The molecule has 1 fully saturated rings. The van der Waals surface area contributed by atoms with Gasteiger partial charge in [0.2, 0.25) is 0 Å². The molecule has 0 saturated carbocycles. The molecule has 1 aliphatic rings. The fourth-order valence-corrected chi connectivity index (χ4v) is 1.92. The molecule has 4 nitrogen and oxygen atoms in total. The Kier molecular flexibility index (Phi) is 3.66. The van der Waals surface area contributed by atoms with Crippen LogP contribution in [0.3, 0.4) is 0 Å². The van der Waals surface area contributed by atoms with Gasteiger partial charge in [-0.2, -0.15) is 0 Å². The molecule has 0 spiro atoms. The number of aromatic nitrogens is 2. The lowest BCUT2D eigenvalue weighted by molar-refractivity contribution is 0.00377. The molecule has 0 bridgehead atoms. The average Bonchev–Trinajstić information content (AvgIpc) is 2.30. The lowest BCUT2D eigenvalue weighted by Gasteiger charge is -2.25. The summed E-state index contributed by atoms with van der Waals surface area (Å²) in [6.07, 6.45) is 4.50. The topological polar surface area (TPSA) is 55.2 Å². The Bertz CT molecular complexity index is 312. The summed E-state index contributed by atoms with van der Waals surface area (Å²) >= 11 is 3.26. The van der Waals surface area contributed by atoms with E-state index in [1.54, 1.807) is 12.4 Å². The summed E-state index contributed by atoms with van der Waals surface area (Å²) in [4.78, 5) is 8.21. The van der Waals surface area contributed by atoms with E-state index in [0.717, 1.165) is 30.5 Å². The average molecular weight is 273 g/mol. The van der Waals surface area contributed by atoms with Gasteiger partial charge in [0.1, 0.15) is 6.10 Å². The Balaban J connectivity index is 2.05. The van der Waals surface area contributed by atoms with Crippen molar-refractivity contribution >= 4 is 15.9 Å². The third-order valence-electron chi connectivity index (χ3n) is 2.62. The Morgan fingerprint density at radius 2 is 1.93 bits per heavy atom. The van der Waals surface area contributed by atoms with Gasteiger partial charge in [-0.25, -0.2) is 9.97 Å². The lowest BCUT2D eigenvalue weighted by Crippen LogP contribution is -2.23. The van der Waals surface area contributed by atoms with Crippen molar-refractivity contribution in [2.24, 2.45) is 5.92 Å². The fourth-order valence-electron chi connectivity index (χ4n) is 1.72. The highest BCUT2D eigenvalue weighted by atomic mass is 79.9. The summed E-state index contributed by atoms with van der Waals surface area (Å²) in [5.41, 5.74) is 0. The van der Waals surface area contributed by atoms with E-state index in [0.29, 0.717) is 5.82 Å². The van der Waals surface area contributed by atoms with Gasteiger partial charge in [-0.1, -0.05) is 0 Å². The second kappa shape index (κ2) is 5.01. The zero-order valence-corrected chi connectivity index (χ0v) is 9.85. The molecule has 82 valence electrons. The predicted molar refractivity (Wildman–Crippen MR) is 58.2 cm³/mol. The molecule has 1 atom stereocenters. The monoisotopic (exact) mass is 272 g/mol. The number of hydrogen-bond donors (Lipinski definition) is 1. The van der Waals surface area contributed by atoms with Crippen LogP contribution in [-0.4, -0.2) is 28.3 Å². The van der Waals surface area contributed by atoms with Gasteiger partial charge >= 0.3 is 0 Å². The van der Waals surface area contributed by atoms with Crippen molar-refractivity contribution in [2.45, 2.75) is 18.9 Å². The van der Waals surface area contributed by atoms with E-state index in [9.17, 15) is 5.11 Å². The van der Waals surface area contributed by atoms with Crippen LogP contribution in [0.5, 0.6) is 0 Å². The molecule has 1 aliphatic heterocycles. The maximum absolute atomic E-state index is 10.0. The highest BCUT2D eigenvalue weighted by Crippen LogP contribution is 2.27. The summed E-state index contributed by atoms with van der Waals surface area (Å²) in [6.45, 7) is 1.44. The maximum Gasteiger partial charge on any atom is 0.157 e. The van der Waals surface area contributed by atoms with Crippen LogP contribution in [0, 0.1) is 5.92 Å². The second-order valence-electron chi connectivity index (χ2n) is 3.65. The number of nitrogens with zero attached hydrogens (tertiary/aromatic N) is 2. The third kappa shape index (κ3) is 2.74. The Labute approximate surface area is 96.8 Å². The first-order chi connectivity index (χ1) is 7.27. The molecule has 1 aromatic rings. The highest BCUT2D eigenvalue weighted by Gasteiger charge is 2.25. The minimum absolute atomic E-state index is 0.222. The first-order valence-electron chi connectivity index (χ1n) is 5.00. The van der Waals surface area contributed by atoms with Crippen molar-refractivity contribution in [1.29, 1.82) is 0 Å². The molecule has 0 aliphatic carbocycles. The fraction of sp³-hybridized carbons (Fsp3) is 0.600. The minimum Gasteiger partial charge on any atom is -0.385 e. The molecule has 2 rings (SSSR count). The van der Waals surface area contributed by atoms with Gasteiger partial charge in [0.25, 0.3) is 0 Å². The maximum atomic E-state index is 10.0. The molecule has 1 aromatic heterocycles. The van der Waals surface area contributed by atoms with Crippen molar-refractivity contribution in [2.75, 3.05) is 13.2 Å². The van der Waals surface area contributed by atoms with Crippen LogP contribution < -0.4 is 0 Å². The number of hydrogen-bond acceptors (Lipinski definition) is 4. The molecule has 0 radical (unpaired) electrons. The Morgan fingerprint density at radius 3 is 2.53 bits per heavy atom. The van der Waals surface area contributed by atoms with Gasteiger partial charge in [0, 0.05) is 25.6 Å². The normalized spacial score (nSPS) is 20.1. The van der Waals surface area contributed by atoms with Crippen LogP contribution in [0.2, 0.25) is 0 Å². The van der Waals surface area contributed by atoms with E-state index in [2.05, 4.69) is 25.9 Å². The molecule has 1 unspecified atom stereocenters. The zero-order chi connectivity index (χ0) is 10.7. The number of ether oxygens (including phenoxy) is 1. The smallest absolute Gasteiger partial charge is 0.157 e. The van der Waals surface area contributed by atoms with Crippen LogP contribution in [0.4, 0.5) is 0 Å². The summed E-state index contributed by atoms with van der Waals surface area (Å²) in [5, 5.41) is 10.0. The molecule has 5 heteroatoms. The SMILES string of the molecule is OC(c1ncc(Br)cn1)C1CCOCC1. The van der Waals surface area contributed by atoms with E-state index < -0.39 is 6.10 Å². The summed E-state index contributed by atoms with van der Waals surface area (Å²) in [5.74, 6) is 0.727. The van der Waals surface area contributed by atoms with Gasteiger partial charge in [-0.3, -0.25) is 0 Å². The van der Waals surface area contributed by atoms with E-state index in [1.165, 1.54) is 0 Å². The number of halogens is 1. The van der Waals surface area contributed by atoms with Crippen molar-refractivity contribution in [3.63, 3.8) is 0 Å². The Morgan fingerprint density at radius 1 is 1.33 bits per heavy atom. The van der Waals surface area contributed by atoms with E-state index in [1.807, 2.05) is 0 Å². The van der Waals surface area contributed by atoms with Crippen molar-refractivity contribution in [3.8, 4) is 0 Å². The van der Waals surface area contributed by atoms with Gasteiger partial charge < -0.3 is 9.84 Å². The first-order valence-corrected chi connectivity index (χ1v) is 5.80. The molecule has 0 aromatic carbocycles. The van der Waals surface area contributed by atoms with Crippen LogP contribution in [-0.2, 0) is 4.74 Å². The quantitative estimate of drug-likeness (QED) is 0.891. The minimum atomic E-state index is -0.568. The van der Waals surface area contributed by atoms with Crippen LogP contribution in [0.25, 0.3) is 0 Å². The van der Waals surface area contributed by atoms with Crippen LogP contribution in [0.1, 0.15) is 24.8 Å². The number of rotatable bonds is 2. The Hall–Kier alpha value is -0.520. The van der Waals surface area contributed by atoms with Gasteiger partial charge in [-0.15, -0.1) is 0 Å².